The quantitative estimate of drug-likeness (QED) is 0.450. The lowest BCUT2D eigenvalue weighted by molar-refractivity contribution is -0.121. The number of nitrogens with one attached hydrogen (secondary N) is 1. The minimum absolute atomic E-state index is 0.00347. The SMILES string of the molecule is CCCCCC(=O)NN=Cc1cccs1. The summed E-state index contributed by atoms with van der Waals surface area (Å²) in [7, 11) is 0. The first-order chi connectivity index (χ1) is 7.33. The van der Waals surface area contributed by atoms with Gasteiger partial charge in [0.1, 0.15) is 0 Å². The zero-order valence-electron chi connectivity index (χ0n) is 8.90. The standard InChI is InChI=1S/C11H16N2OS/c1-2-3-4-7-11(14)13-12-9-10-6-5-8-15-10/h5-6,8-9H,2-4,7H2,1H3,(H,13,14). The van der Waals surface area contributed by atoms with Crippen molar-refractivity contribution >= 4 is 23.5 Å². The van der Waals surface area contributed by atoms with E-state index in [0.717, 1.165) is 24.1 Å². The molecular formula is C11H16N2OS. The van der Waals surface area contributed by atoms with Gasteiger partial charge in [-0.2, -0.15) is 5.10 Å². The fourth-order valence-electron chi connectivity index (χ4n) is 1.12. The van der Waals surface area contributed by atoms with Crippen LogP contribution < -0.4 is 5.43 Å². The molecule has 0 saturated heterocycles. The molecule has 1 N–H and O–H groups in total. The summed E-state index contributed by atoms with van der Waals surface area (Å²) in [6, 6.07) is 3.91. The third-order valence-corrected chi connectivity index (χ3v) is 2.74. The normalized spacial score (nSPS) is 10.7. The minimum atomic E-state index is -0.00347. The van der Waals surface area contributed by atoms with Crippen LogP contribution in [-0.2, 0) is 4.79 Å². The number of nitrogens with zero attached hydrogens (tertiary/aromatic N) is 1. The van der Waals surface area contributed by atoms with Crippen LogP contribution in [0.1, 0.15) is 37.5 Å². The number of unbranched alkanes of at least 4 members (excludes halogenated alkanes) is 2. The third kappa shape index (κ3) is 5.32. The van der Waals surface area contributed by atoms with Crippen LogP contribution in [0.15, 0.2) is 22.6 Å². The molecule has 0 fully saturated rings. The predicted molar refractivity (Wildman–Crippen MR) is 64.2 cm³/mol. The van der Waals surface area contributed by atoms with Gasteiger partial charge in [-0.1, -0.05) is 25.8 Å². The molecule has 0 aliphatic carbocycles. The maximum atomic E-state index is 11.2. The number of thiophene rings is 1. The molecule has 0 aliphatic heterocycles. The highest BCUT2D eigenvalue weighted by atomic mass is 32.1. The molecule has 0 saturated carbocycles. The van der Waals surface area contributed by atoms with Crippen LogP contribution in [-0.4, -0.2) is 12.1 Å². The van der Waals surface area contributed by atoms with Crippen molar-refractivity contribution in [3.05, 3.63) is 22.4 Å². The predicted octanol–water partition coefficient (Wildman–Crippen LogP) is 2.78. The van der Waals surface area contributed by atoms with Gasteiger partial charge in [0.25, 0.3) is 0 Å². The second-order valence-electron chi connectivity index (χ2n) is 3.27. The monoisotopic (exact) mass is 224 g/mol. The number of hydrazone groups is 1. The van der Waals surface area contributed by atoms with Crippen LogP contribution >= 0.6 is 11.3 Å². The van der Waals surface area contributed by atoms with Crippen molar-refractivity contribution in [3.63, 3.8) is 0 Å². The van der Waals surface area contributed by atoms with Gasteiger partial charge in [-0.3, -0.25) is 4.79 Å². The number of amides is 1. The Morgan fingerprint density at radius 2 is 2.47 bits per heavy atom. The smallest absolute Gasteiger partial charge is 0.240 e. The van der Waals surface area contributed by atoms with E-state index >= 15 is 0 Å². The molecule has 0 spiro atoms. The van der Waals surface area contributed by atoms with E-state index in [1.54, 1.807) is 17.6 Å². The lowest BCUT2D eigenvalue weighted by Crippen LogP contribution is -2.16. The van der Waals surface area contributed by atoms with Crippen molar-refractivity contribution in [2.75, 3.05) is 0 Å². The Labute approximate surface area is 94.2 Å². The molecule has 15 heavy (non-hydrogen) atoms. The molecule has 0 atom stereocenters. The second kappa shape index (κ2) is 7.17. The van der Waals surface area contributed by atoms with Crippen LogP contribution in [0.5, 0.6) is 0 Å². The average molecular weight is 224 g/mol. The van der Waals surface area contributed by atoms with Gasteiger partial charge in [0.15, 0.2) is 0 Å². The number of carbonyl (C=O) groups is 1. The Morgan fingerprint density at radius 3 is 3.13 bits per heavy atom. The lowest BCUT2D eigenvalue weighted by atomic mass is 10.2. The topological polar surface area (TPSA) is 41.5 Å². The number of carbonyl (C=O) groups excluding carboxylic acids is 1. The van der Waals surface area contributed by atoms with Crippen molar-refractivity contribution in [2.45, 2.75) is 32.6 Å². The minimum Gasteiger partial charge on any atom is -0.273 e. The van der Waals surface area contributed by atoms with Crippen LogP contribution in [0.4, 0.5) is 0 Å². The Balaban J connectivity index is 2.16. The lowest BCUT2D eigenvalue weighted by Gasteiger charge is -1.97. The van der Waals surface area contributed by atoms with Gasteiger partial charge in [0.2, 0.25) is 5.91 Å². The van der Waals surface area contributed by atoms with Gasteiger partial charge < -0.3 is 0 Å². The van der Waals surface area contributed by atoms with E-state index in [0.29, 0.717) is 6.42 Å². The number of rotatable bonds is 6. The summed E-state index contributed by atoms with van der Waals surface area (Å²) in [6.45, 7) is 2.12. The van der Waals surface area contributed by atoms with Crippen molar-refractivity contribution in [3.8, 4) is 0 Å². The Morgan fingerprint density at radius 1 is 1.60 bits per heavy atom. The van der Waals surface area contributed by atoms with Gasteiger partial charge in [0, 0.05) is 11.3 Å². The molecule has 1 aromatic heterocycles. The number of hydrogen-bond donors (Lipinski definition) is 1. The van der Waals surface area contributed by atoms with E-state index < -0.39 is 0 Å². The summed E-state index contributed by atoms with van der Waals surface area (Å²) >= 11 is 1.60. The molecule has 1 rings (SSSR count). The average Bonchev–Trinajstić information content (AvgIpc) is 2.71. The highest BCUT2D eigenvalue weighted by molar-refractivity contribution is 7.11. The molecule has 0 unspecified atom stereocenters. The first-order valence-electron chi connectivity index (χ1n) is 5.18. The van der Waals surface area contributed by atoms with E-state index in [1.165, 1.54) is 0 Å². The van der Waals surface area contributed by atoms with Gasteiger partial charge in [-0.25, -0.2) is 5.43 Å². The summed E-state index contributed by atoms with van der Waals surface area (Å²) in [5.41, 5.74) is 2.52. The Hall–Kier alpha value is -1.16. The second-order valence-corrected chi connectivity index (χ2v) is 4.24. The first kappa shape index (κ1) is 11.9. The molecule has 3 nitrogen and oxygen atoms in total. The van der Waals surface area contributed by atoms with Gasteiger partial charge in [0.05, 0.1) is 6.21 Å². The summed E-state index contributed by atoms with van der Waals surface area (Å²) in [5.74, 6) is -0.00347. The molecule has 4 heteroatoms. The molecular weight excluding hydrogens is 208 g/mol. The van der Waals surface area contributed by atoms with Crippen molar-refractivity contribution in [2.24, 2.45) is 5.10 Å². The highest BCUT2D eigenvalue weighted by Crippen LogP contribution is 2.04. The van der Waals surface area contributed by atoms with Gasteiger partial charge in [-0.15, -0.1) is 11.3 Å². The first-order valence-corrected chi connectivity index (χ1v) is 6.06. The Kier molecular flexibility index (Phi) is 5.70. The van der Waals surface area contributed by atoms with E-state index in [1.807, 2.05) is 17.5 Å². The van der Waals surface area contributed by atoms with E-state index in [-0.39, 0.29) is 5.91 Å². The summed E-state index contributed by atoms with van der Waals surface area (Å²) in [5, 5.41) is 5.85. The van der Waals surface area contributed by atoms with Crippen LogP contribution in [0, 0.1) is 0 Å². The Bertz CT molecular complexity index is 306. The van der Waals surface area contributed by atoms with Crippen LogP contribution in [0.3, 0.4) is 0 Å². The van der Waals surface area contributed by atoms with Crippen molar-refractivity contribution < 1.29 is 4.79 Å². The van der Waals surface area contributed by atoms with E-state index in [4.69, 9.17) is 0 Å². The third-order valence-electron chi connectivity index (χ3n) is 1.93. The number of hydrogen-bond acceptors (Lipinski definition) is 3. The van der Waals surface area contributed by atoms with Crippen LogP contribution in [0.2, 0.25) is 0 Å². The van der Waals surface area contributed by atoms with Crippen molar-refractivity contribution in [1.29, 1.82) is 0 Å². The van der Waals surface area contributed by atoms with Gasteiger partial charge >= 0.3 is 0 Å². The largest absolute Gasteiger partial charge is 0.273 e. The molecule has 0 bridgehead atoms. The zero-order chi connectivity index (χ0) is 10.9. The molecule has 1 aromatic rings. The molecule has 1 amide bonds. The van der Waals surface area contributed by atoms with Gasteiger partial charge in [-0.05, 0) is 17.9 Å². The summed E-state index contributed by atoms with van der Waals surface area (Å²) in [4.78, 5) is 12.3. The molecule has 0 aliphatic rings. The molecule has 1 heterocycles. The van der Waals surface area contributed by atoms with Crippen LogP contribution in [0.25, 0.3) is 0 Å². The highest BCUT2D eigenvalue weighted by Gasteiger charge is 1.97. The van der Waals surface area contributed by atoms with E-state index in [2.05, 4.69) is 17.5 Å². The summed E-state index contributed by atoms with van der Waals surface area (Å²) in [6.07, 6.45) is 5.41. The molecule has 0 aromatic carbocycles. The van der Waals surface area contributed by atoms with Crippen molar-refractivity contribution in [1.82, 2.24) is 5.43 Å². The summed E-state index contributed by atoms with van der Waals surface area (Å²) < 4.78 is 0. The molecule has 0 radical (unpaired) electrons. The fraction of sp³-hybridized carbons (Fsp3) is 0.455. The fourth-order valence-corrected chi connectivity index (χ4v) is 1.71. The van der Waals surface area contributed by atoms with E-state index in [9.17, 15) is 4.79 Å². The maximum absolute atomic E-state index is 11.2. The maximum Gasteiger partial charge on any atom is 0.240 e. The molecule has 82 valence electrons. The zero-order valence-corrected chi connectivity index (χ0v) is 9.72.